The summed E-state index contributed by atoms with van der Waals surface area (Å²) >= 11 is 0. The molecule has 0 saturated carbocycles. The summed E-state index contributed by atoms with van der Waals surface area (Å²) in [5.74, 6) is 2.16. The molecule has 1 aliphatic heterocycles. The summed E-state index contributed by atoms with van der Waals surface area (Å²) in [6.45, 7) is 8.78. The van der Waals surface area contributed by atoms with Crippen LogP contribution in [0.4, 0.5) is 11.4 Å². The largest absolute Gasteiger partial charge is 0.497 e. The molecule has 1 aliphatic rings. The Morgan fingerprint density at radius 3 is 2.23 bits per heavy atom. The van der Waals surface area contributed by atoms with E-state index < -0.39 is 0 Å². The molecular weight excluding hydrogens is 382 g/mol. The first-order valence-corrected chi connectivity index (χ1v) is 10.4. The van der Waals surface area contributed by atoms with Crippen LogP contribution in [0.15, 0.2) is 42.5 Å². The molecule has 0 radical (unpaired) electrons. The maximum atomic E-state index is 12.5. The Bertz CT molecular complexity index is 818. The van der Waals surface area contributed by atoms with Crippen molar-refractivity contribution < 1.29 is 19.0 Å². The van der Waals surface area contributed by atoms with E-state index in [2.05, 4.69) is 27.2 Å². The molecule has 0 unspecified atom stereocenters. The van der Waals surface area contributed by atoms with Gasteiger partial charge in [0.05, 0.1) is 26.9 Å². The molecule has 1 heterocycles. The molecule has 2 aromatic carbocycles. The lowest BCUT2D eigenvalue weighted by molar-refractivity contribution is -0.117. The summed E-state index contributed by atoms with van der Waals surface area (Å²) in [6, 6.07) is 13.6. The Morgan fingerprint density at radius 2 is 1.60 bits per heavy atom. The highest BCUT2D eigenvalue weighted by Crippen LogP contribution is 2.30. The fourth-order valence-electron chi connectivity index (χ4n) is 3.49. The van der Waals surface area contributed by atoms with Crippen LogP contribution in [0.2, 0.25) is 0 Å². The highest BCUT2D eigenvalue weighted by atomic mass is 16.5. The number of piperazine rings is 1. The van der Waals surface area contributed by atoms with E-state index >= 15 is 0 Å². The number of hydrogen-bond acceptors (Lipinski definition) is 6. The Balaban J connectivity index is 1.50. The monoisotopic (exact) mass is 413 g/mol. The number of ether oxygens (including phenoxy) is 3. The van der Waals surface area contributed by atoms with E-state index in [0.29, 0.717) is 36.9 Å². The van der Waals surface area contributed by atoms with Gasteiger partial charge in [0.25, 0.3) is 0 Å². The van der Waals surface area contributed by atoms with Crippen molar-refractivity contribution in [3.8, 4) is 17.2 Å². The second-order valence-electron chi connectivity index (χ2n) is 7.04. The Kier molecular flexibility index (Phi) is 7.79. The summed E-state index contributed by atoms with van der Waals surface area (Å²) in [6.07, 6.45) is 0. The smallest absolute Gasteiger partial charge is 0.238 e. The molecule has 0 spiro atoms. The minimum atomic E-state index is -0.0282. The Morgan fingerprint density at radius 1 is 0.933 bits per heavy atom. The molecule has 0 aromatic heterocycles. The van der Waals surface area contributed by atoms with Gasteiger partial charge < -0.3 is 24.4 Å². The zero-order valence-corrected chi connectivity index (χ0v) is 18.0. The second kappa shape index (κ2) is 10.7. The van der Waals surface area contributed by atoms with Crippen molar-refractivity contribution in [2.75, 3.05) is 63.3 Å². The highest BCUT2D eigenvalue weighted by molar-refractivity contribution is 5.92. The van der Waals surface area contributed by atoms with E-state index in [4.69, 9.17) is 14.2 Å². The van der Waals surface area contributed by atoms with Crippen molar-refractivity contribution >= 4 is 17.3 Å². The molecule has 2 aromatic rings. The zero-order valence-electron chi connectivity index (χ0n) is 18.0. The van der Waals surface area contributed by atoms with Crippen LogP contribution < -0.4 is 24.4 Å². The Labute approximate surface area is 178 Å². The van der Waals surface area contributed by atoms with E-state index in [9.17, 15) is 4.79 Å². The predicted molar refractivity (Wildman–Crippen MR) is 119 cm³/mol. The fraction of sp³-hybridized carbons (Fsp3) is 0.435. The van der Waals surface area contributed by atoms with Crippen LogP contribution in [-0.4, -0.2) is 63.9 Å². The lowest BCUT2D eigenvalue weighted by atomic mass is 10.2. The molecule has 1 amide bonds. The van der Waals surface area contributed by atoms with Crippen molar-refractivity contribution in [2.24, 2.45) is 0 Å². The summed E-state index contributed by atoms with van der Waals surface area (Å²) in [4.78, 5) is 17.0. The van der Waals surface area contributed by atoms with Gasteiger partial charge in [-0.3, -0.25) is 9.69 Å². The van der Waals surface area contributed by atoms with E-state index in [0.717, 1.165) is 31.9 Å². The third kappa shape index (κ3) is 5.79. The normalized spacial score (nSPS) is 14.3. The van der Waals surface area contributed by atoms with Crippen LogP contribution >= 0.6 is 0 Å². The van der Waals surface area contributed by atoms with Crippen molar-refractivity contribution in [3.63, 3.8) is 0 Å². The molecule has 1 saturated heterocycles. The number of nitrogens with one attached hydrogen (secondary N) is 1. The van der Waals surface area contributed by atoms with Gasteiger partial charge in [0.1, 0.15) is 5.75 Å². The van der Waals surface area contributed by atoms with Crippen LogP contribution in [0, 0.1) is 0 Å². The number of anilines is 2. The molecule has 0 atom stereocenters. The quantitative estimate of drug-likeness (QED) is 0.681. The van der Waals surface area contributed by atoms with Crippen LogP contribution in [0.1, 0.15) is 13.8 Å². The first kappa shape index (κ1) is 21.8. The molecule has 0 bridgehead atoms. The zero-order chi connectivity index (χ0) is 21.3. The van der Waals surface area contributed by atoms with Gasteiger partial charge in [-0.1, -0.05) is 0 Å². The van der Waals surface area contributed by atoms with Crippen LogP contribution in [-0.2, 0) is 4.79 Å². The summed E-state index contributed by atoms with van der Waals surface area (Å²) in [5.41, 5.74) is 1.89. The lowest BCUT2D eigenvalue weighted by Gasteiger charge is -2.35. The van der Waals surface area contributed by atoms with E-state index in [1.165, 1.54) is 5.69 Å². The standard InChI is InChI=1S/C23H31N3O4/c1-4-29-21-11-6-18(16-22(21)30-5-2)24-23(27)17-25-12-14-26(15-13-25)19-7-9-20(28-3)10-8-19/h6-11,16H,4-5,12-15,17H2,1-3H3,(H,24,27). The molecule has 30 heavy (non-hydrogen) atoms. The van der Waals surface area contributed by atoms with Crippen molar-refractivity contribution in [3.05, 3.63) is 42.5 Å². The summed E-state index contributed by atoms with van der Waals surface area (Å²) in [7, 11) is 1.67. The molecule has 7 nitrogen and oxygen atoms in total. The van der Waals surface area contributed by atoms with E-state index in [1.54, 1.807) is 7.11 Å². The molecule has 3 rings (SSSR count). The third-order valence-corrected chi connectivity index (χ3v) is 5.00. The summed E-state index contributed by atoms with van der Waals surface area (Å²) < 4.78 is 16.4. The maximum Gasteiger partial charge on any atom is 0.238 e. The molecule has 162 valence electrons. The minimum Gasteiger partial charge on any atom is -0.497 e. The first-order chi connectivity index (χ1) is 14.6. The number of carbonyl (C=O) groups excluding carboxylic acids is 1. The number of carbonyl (C=O) groups is 1. The van der Waals surface area contributed by atoms with E-state index in [1.807, 2.05) is 44.2 Å². The number of nitrogens with zero attached hydrogens (tertiary/aromatic N) is 2. The average Bonchev–Trinajstić information content (AvgIpc) is 2.76. The lowest BCUT2D eigenvalue weighted by Crippen LogP contribution is -2.48. The SMILES string of the molecule is CCOc1ccc(NC(=O)CN2CCN(c3ccc(OC)cc3)CC2)cc1OCC. The first-order valence-electron chi connectivity index (χ1n) is 10.4. The maximum absolute atomic E-state index is 12.5. The van der Waals surface area contributed by atoms with Crippen LogP contribution in [0.3, 0.4) is 0 Å². The van der Waals surface area contributed by atoms with Gasteiger partial charge >= 0.3 is 0 Å². The Hall–Kier alpha value is -2.93. The molecule has 7 heteroatoms. The number of methoxy groups -OCH3 is 1. The van der Waals surface area contributed by atoms with Gasteiger partial charge in [0.2, 0.25) is 5.91 Å². The molecular formula is C23H31N3O4. The van der Waals surface area contributed by atoms with Gasteiger partial charge in [-0.25, -0.2) is 0 Å². The highest BCUT2D eigenvalue weighted by Gasteiger charge is 2.19. The van der Waals surface area contributed by atoms with Crippen molar-refractivity contribution in [1.29, 1.82) is 0 Å². The molecule has 1 fully saturated rings. The van der Waals surface area contributed by atoms with Crippen molar-refractivity contribution in [2.45, 2.75) is 13.8 Å². The van der Waals surface area contributed by atoms with E-state index in [-0.39, 0.29) is 5.91 Å². The number of benzene rings is 2. The number of amides is 1. The van der Waals surface area contributed by atoms with Crippen LogP contribution in [0.5, 0.6) is 17.2 Å². The van der Waals surface area contributed by atoms with Gasteiger partial charge in [0, 0.05) is 43.6 Å². The second-order valence-corrected chi connectivity index (χ2v) is 7.04. The van der Waals surface area contributed by atoms with Crippen molar-refractivity contribution in [1.82, 2.24) is 4.90 Å². The minimum absolute atomic E-state index is 0.0282. The molecule has 1 N–H and O–H groups in total. The molecule has 0 aliphatic carbocycles. The average molecular weight is 414 g/mol. The van der Waals surface area contributed by atoms with Gasteiger partial charge in [-0.2, -0.15) is 0 Å². The summed E-state index contributed by atoms with van der Waals surface area (Å²) in [5, 5.41) is 2.97. The third-order valence-electron chi connectivity index (χ3n) is 5.00. The number of hydrogen-bond donors (Lipinski definition) is 1. The fourth-order valence-corrected chi connectivity index (χ4v) is 3.49. The van der Waals surface area contributed by atoms with Gasteiger partial charge in [-0.15, -0.1) is 0 Å². The van der Waals surface area contributed by atoms with Gasteiger partial charge in [-0.05, 0) is 50.2 Å². The predicted octanol–water partition coefficient (Wildman–Crippen LogP) is 3.25. The van der Waals surface area contributed by atoms with Gasteiger partial charge in [0.15, 0.2) is 11.5 Å². The topological polar surface area (TPSA) is 63.3 Å². The van der Waals surface area contributed by atoms with Crippen LogP contribution in [0.25, 0.3) is 0 Å². The number of rotatable bonds is 9.